The normalized spacial score (nSPS) is 19.2. The second-order valence-corrected chi connectivity index (χ2v) is 4.29. The standard InChI is InChI=1S/C10H13ClN2/c1-10(4-2-5-10)13-8-3-6-12-9(11)7-8/h3,6-7H,2,4-5H2,1H3,(H,12,13). The topological polar surface area (TPSA) is 24.9 Å². The minimum Gasteiger partial charge on any atom is -0.380 e. The third kappa shape index (κ3) is 1.94. The average Bonchev–Trinajstić information content (AvgIpc) is 2.01. The molecule has 3 heteroatoms. The molecule has 0 atom stereocenters. The number of nitrogens with one attached hydrogen (secondary N) is 1. The zero-order valence-electron chi connectivity index (χ0n) is 7.68. The van der Waals surface area contributed by atoms with Crippen molar-refractivity contribution in [1.29, 1.82) is 0 Å². The molecule has 2 nitrogen and oxygen atoms in total. The van der Waals surface area contributed by atoms with Gasteiger partial charge in [-0.1, -0.05) is 11.6 Å². The SMILES string of the molecule is CC1(Nc2ccnc(Cl)c2)CCC1. The van der Waals surface area contributed by atoms with E-state index in [1.165, 1.54) is 19.3 Å². The summed E-state index contributed by atoms with van der Waals surface area (Å²) in [5.41, 5.74) is 1.35. The molecule has 0 unspecified atom stereocenters. The fraction of sp³-hybridized carbons (Fsp3) is 0.500. The third-order valence-electron chi connectivity index (χ3n) is 2.63. The Labute approximate surface area is 83.3 Å². The molecular weight excluding hydrogens is 184 g/mol. The van der Waals surface area contributed by atoms with Gasteiger partial charge in [0, 0.05) is 17.4 Å². The highest BCUT2D eigenvalue weighted by Crippen LogP contribution is 2.34. The number of halogens is 1. The Morgan fingerprint density at radius 3 is 2.85 bits per heavy atom. The first kappa shape index (κ1) is 8.82. The van der Waals surface area contributed by atoms with Crippen LogP contribution in [0, 0.1) is 0 Å². The molecule has 0 aliphatic heterocycles. The van der Waals surface area contributed by atoms with E-state index in [0.717, 1.165) is 5.69 Å². The molecule has 2 rings (SSSR count). The summed E-state index contributed by atoms with van der Waals surface area (Å²) in [6.07, 6.45) is 5.54. The van der Waals surface area contributed by atoms with Crippen LogP contribution in [0.3, 0.4) is 0 Å². The highest BCUT2D eigenvalue weighted by Gasteiger charge is 2.31. The predicted octanol–water partition coefficient (Wildman–Crippen LogP) is 3.09. The van der Waals surface area contributed by atoms with Crippen LogP contribution >= 0.6 is 11.6 Å². The van der Waals surface area contributed by atoms with E-state index >= 15 is 0 Å². The maximum Gasteiger partial charge on any atom is 0.131 e. The summed E-state index contributed by atoms with van der Waals surface area (Å²) in [4.78, 5) is 3.94. The second kappa shape index (κ2) is 3.18. The number of hydrogen-bond acceptors (Lipinski definition) is 2. The first-order valence-corrected chi connectivity index (χ1v) is 4.96. The lowest BCUT2D eigenvalue weighted by molar-refractivity contribution is 0.306. The zero-order chi connectivity index (χ0) is 9.31. The van der Waals surface area contributed by atoms with Crippen molar-refractivity contribution in [1.82, 2.24) is 4.98 Å². The van der Waals surface area contributed by atoms with Gasteiger partial charge in [-0.25, -0.2) is 4.98 Å². The number of nitrogens with zero attached hydrogens (tertiary/aromatic N) is 1. The van der Waals surface area contributed by atoms with Crippen LogP contribution in [0.5, 0.6) is 0 Å². The van der Waals surface area contributed by atoms with Crippen molar-refractivity contribution in [3.8, 4) is 0 Å². The molecule has 0 bridgehead atoms. The van der Waals surface area contributed by atoms with Crippen LogP contribution in [0.4, 0.5) is 5.69 Å². The number of rotatable bonds is 2. The van der Waals surface area contributed by atoms with E-state index in [9.17, 15) is 0 Å². The summed E-state index contributed by atoms with van der Waals surface area (Å²) in [6, 6.07) is 3.82. The van der Waals surface area contributed by atoms with Gasteiger partial charge < -0.3 is 5.32 Å². The molecule has 1 aliphatic carbocycles. The van der Waals surface area contributed by atoms with E-state index in [4.69, 9.17) is 11.6 Å². The van der Waals surface area contributed by atoms with E-state index in [-0.39, 0.29) is 5.54 Å². The lowest BCUT2D eigenvalue weighted by Gasteiger charge is -2.40. The summed E-state index contributed by atoms with van der Waals surface area (Å²) >= 11 is 5.78. The number of anilines is 1. The van der Waals surface area contributed by atoms with Gasteiger partial charge in [-0.2, -0.15) is 0 Å². The molecule has 1 aliphatic rings. The quantitative estimate of drug-likeness (QED) is 0.736. The lowest BCUT2D eigenvalue weighted by atomic mass is 9.78. The number of hydrogen-bond donors (Lipinski definition) is 1. The van der Waals surface area contributed by atoms with Gasteiger partial charge in [-0.15, -0.1) is 0 Å². The zero-order valence-corrected chi connectivity index (χ0v) is 8.43. The minimum absolute atomic E-state index is 0.282. The molecule has 0 saturated heterocycles. The minimum atomic E-state index is 0.282. The van der Waals surface area contributed by atoms with Gasteiger partial charge in [-0.05, 0) is 38.3 Å². The maximum atomic E-state index is 5.78. The van der Waals surface area contributed by atoms with Crippen molar-refractivity contribution < 1.29 is 0 Å². The Bertz CT molecular complexity index is 308. The van der Waals surface area contributed by atoms with Gasteiger partial charge in [0.1, 0.15) is 5.15 Å². The van der Waals surface area contributed by atoms with E-state index in [0.29, 0.717) is 5.15 Å². The molecule has 1 N–H and O–H groups in total. The molecule has 1 saturated carbocycles. The Balaban J connectivity index is 2.09. The van der Waals surface area contributed by atoms with Crippen LogP contribution in [0.25, 0.3) is 0 Å². The van der Waals surface area contributed by atoms with E-state index in [2.05, 4.69) is 17.2 Å². The Kier molecular flexibility index (Phi) is 2.16. The molecule has 0 spiro atoms. The molecule has 0 amide bonds. The highest BCUT2D eigenvalue weighted by molar-refractivity contribution is 6.29. The van der Waals surface area contributed by atoms with Crippen LogP contribution in [0.2, 0.25) is 5.15 Å². The third-order valence-corrected chi connectivity index (χ3v) is 2.84. The van der Waals surface area contributed by atoms with E-state index in [1.54, 1.807) is 6.20 Å². The summed E-state index contributed by atoms with van der Waals surface area (Å²) in [6.45, 7) is 2.24. The molecule has 0 aromatic carbocycles. The van der Waals surface area contributed by atoms with Crippen molar-refractivity contribution >= 4 is 17.3 Å². The van der Waals surface area contributed by atoms with Gasteiger partial charge in [-0.3, -0.25) is 0 Å². The molecule has 0 radical (unpaired) electrons. The van der Waals surface area contributed by atoms with Gasteiger partial charge in [0.15, 0.2) is 0 Å². The molecule has 13 heavy (non-hydrogen) atoms. The molecule has 1 aromatic heterocycles. The van der Waals surface area contributed by atoms with Gasteiger partial charge in [0.2, 0.25) is 0 Å². The van der Waals surface area contributed by atoms with Crippen molar-refractivity contribution in [2.24, 2.45) is 0 Å². The van der Waals surface area contributed by atoms with Gasteiger partial charge in [0.25, 0.3) is 0 Å². The number of aromatic nitrogens is 1. The second-order valence-electron chi connectivity index (χ2n) is 3.91. The molecule has 1 fully saturated rings. The number of pyridine rings is 1. The van der Waals surface area contributed by atoms with Crippen molar-refractivity contribution in [3.63, 3.8) is 0 Å². The molecule has 1 heterocycles. The smallest absolute Gasteiger partial charge is 0.131 e. The van der Waals surface area contributed by atoms with Crippen molar-refractivity contribution in [2.45, 2.75) is 31.7 Å². The highest BCUT2D eigenvalue weighted by atomic mass is 35.5. The van der Waals surface area contributed by atoms with E-state index in [1.807, 2.05) is 12.1 Å². The maximum absolute atomic E-state index is 5.78. The van der Waals surface area contributed by atoms with Crippen molar-refractivity contribution in [3.05, 3.63) is 23.5 Å². The molecule has 1 aromatic rings. The van der Waals surface area contributed by atoms with Gasteiger partial charge >= 0.3 is 0 Å². The summed E-state index contributed by atoms with van der Waals surface area (Å²) in [5, 5.41) is 4.02. The Hall–Kier alpha value is -0.760. The summed E-state index contributed by atoms with van der Waals surface area (Å²) in [7, 11) is 0. The average molecular weight is 197 g/mol. The molecule has 70 valence electrons. The van der Waals surface area contributed by atoms with Crippen LogP contribution in [0.15, 0.2) is 18.3 Å². The van der Waals surface area contributed by atoms with Gasteiger partial charge in [0.05, 0.1) is 0 Å². The first-order valence-electron chi connectivity index (χ1n) is 4.58. The van der Waals surface area contributed by atoms with Crippen LogP contribution in [0.1, 0.15) is 26.2 Å². The largest absolute Gasteiger partial charge is 0.380 e. The predicted molar refractivity (Wildman–Crippen MR) is 55.1 cm³/mol. The summed E-state index contributed by atoms with van der Waals surface area (Å²) < 4.78 is 0. The van der Waals surface area contributed by atoms with Crippen LogP contribution < -0.4 is 5.32 Å². The Morgan fingerprint density at radius 2 is 2.31 bits per heavy atom. The monoisotopic (exact) mass is 196 g/mol. The van der Waals surface area contributed by atoms with E-state index < -0.39 is 0 Å². The summed E-state index contributed by atoms with van der Waals surface area (Å²) in [5.74, 6) is 0. The van der Waals surface area contributed by atoms with Crippen molar-refractivity contribution in [2.75, 3.05) is 5.32 Å². The van der Waals surface area contributed by atoms with Crippen LogP contribution in [-0.4, -0.2) is 10.5 Å². The fourth-order valence-electron chi connectivity index (χ4n) is 1.66. The first-order chi connectivity index (χ1) is 6.18. The lowest BCUT2D eigenvalue weighted by Crippen LogP contribution is -2.41. The van der Waals surface area contributed by atoms with Crippen LogP contribution in [-0.2, 0) is 0 Å². The fourth-order valence-corrected chi connectivity index (χ4v) is 1.83. The molecular formula is C10H13ClN2. The Morgan fingerprint density at radius 1 is 1.54 bits per heavy atom.